The first-order chi connectivity index (χ1) is 12.8. The normalized spacial score (nSPS) is 12.8. The molecule has 5 nitrogen and oxygen atoms in total. The van der Waals surface area contributed by atoms with E-state index in [1.165, 1.54) is 24.5 Å². The van der Waals surface area contributed by atoms with Gasteiger partial charge in [0, 0.05) is 6.61 Å². The highest BCUT2D eigenvalue weighted by atomic mass is 19.4. The van der Waals surface area contributed by atoms with Crippen LogP contribution in [0.1, 0.15) is 31.2 Å². The Labute approximate surface area is 155 Å². The molecule has 1 amide bonds. The average molecular weight is 385 g/mol. The zero-order chi connectivity index (χ0) is 19.9. The van der Waals surface area contributed by atoms with Crippen LogP contribution in [0, 0.1) is 5.92 Å². The van der Waals surface area contributed by atoms with Gasteiger partial charge in [-0.05, 0) is 30.2 Å². The van der Waals surface area contributed by atoms with Gasteiger partial charge >= 0.3 is 6.18 Å². The molecule has 1 heterocycles. The Kier molecular flexibility index (Phi) is 7.29. The average Bonchev–Trinajstić information content (AvgIpc) is 3.13. The SMILES string of the molecule is CC(C)COC[C@@H](NC(=O)COc1ccccc1C(F)(F)F)c1ccco1. The lowest BCUT2D eigenvalue weighted by molar-refractivity contribution is -0.139. The highest BCUT2D eigenvalue weighted by Crippen LogP contribution is 2.35. The van der Waals surface area contributed by atoms with E-state index < -0.39 is 36.0 Å². The molecule has 148 valence electrons. The van der Waals surface area contributed by atoms with Crippen molar-refractivity contribution in [2.24, 2.45) is 5.92 Å². The summed E-state index contributed by atoms with van der Waals surface area (Å²) in [6.07, 6.45) is -3.10. The van der Waals surface area contributed by atoms with Gasteiger partial charge in [0.05, 0.1) is 18.4 Å². The van der Waals surface area contributed by atoms with E-state index >= 15 is 0 Å². The van der Waals surface area contributed by atoms with Crippen LogP contribution < -0.4 is 10.1 Å². The van der Waals surface area contributed by atoms with Gasteiger partial charge in [0.1, 0.15) is 17.6 Å². The summed E-state index contributed by atoms with van der Waals surface area (Å²) in [7, 11) is 0. The number of carbonyl (C=O) groups is 1. The Bertz CT molecular complexity index is 714. The van der Waals surface area contributed by atoms with Crippen molar-refractivity contribution in [3.63, 3.8) is 0 Å². The second-order valence-electron chi connectivity index (χ2n) is 6.35. The summed E-state index contributed by atoms with van der Waals surface area (Å²) < 4.78 is 54.8. The molecular formula is C19H22F3NO4. The van der Waals surface area contributed by atoms with Crippen molar-refractivity contribution in [3.8, 4) is 5.75 Å². The summed E-state index contributed by atoms with van der Waals surface area (Å²) in [5.74, 6) is -0.171. The lowest BCUT2D eigenvalue weighted by Crippen LogP contribution is -2.35. The van der Waals surface area contributed by atoms with Crippen molar-refractivity contribution < 1.29 is 31.9 Å². The maximum absolute atomic E-state index is 13.0. The molecule has 0 saturated heterocycles. The molecule has 1 aromatic carbocycles. The molecule has 2 aromatic rings. The molecule has 27 heavy (non-hydrogen) atoms. The van der Waals surface area contributed by atoms with Gasteiger partial charge in [0.2, 0.25) is 0 Å². The van der Waals surface area contributed by atoms with E-state index in [0.717, 1.165) is 6.07 Å². The molecule has 0 bridgehead atoms. The van der Waals surface area contributed by atoms with Crippen molar-refractivity contribution in [1.82, 2.24) is 5.32 Å². The number of amides is 1. The number of benzene rings is 1. The summed E-state index contributed by atoms with van der Waals surface area (Å²) in [5.41, 5.74) is -0.930. The van der Waals surface area contributed by atoms with Gasteiger partial charge in [-0.25, -0.2) is 0 Å². The Balaban J connectivity index is 1.96. The Morgan fingerprint density at radius 3 is 2.52 bits per heavy atom. The summed E-state index contributed by atoms with van der Waals surface area (Å²) in [4.78, 5) is 12.2. The fourth-order valence-corrected chi connectivity index (χ4v) is 2.31. The Hall–Kier alpha value is -2.48. The smallest absolute Gasteiger partial charge is 0.419 e. The van der Waals surface area contributed by atoms with Crippen LogP contribution in [0.25, 0.3) is 0 Å². The second kappa shape index (κ2) is 9.45. The number of rotatable bonds is 9. The van der Waals surface area contributed by atoms with Crippen molar-refractivity contribution in [2.75, 3.05) is 19.8 Å². The van der Waals surface area contributed by atoms with Gasteiger partial charge < -0.3 is 19.2 Å². The second-order valence-corrected chi connectivity index (χ2v) is 6.35. The number of nitrogens with one attached hydrogen (secondary N) is 1. The van der Waals surface area contributed by atoms with Gasteiger partial charge in [-0.15, -0.1) is 0 Å². The molecule has 0 spiro atoms. The number of alkyl halides is 3. The number of hydrogen-bond acceptors (Lipinski definition) is 4. The molecular weight excluding hydrogens is 363 g/mol. The fourth-order valence-electron chi connectivity index (χ4n) is 2.31. The summed E-state index contributed by atoms with van der Waals surface area (Å²) in [5, 5.41) is 2.66. The fraction of sp³-hybridized carbons (Fsp3) is 0.421. The first-order valence-electron chi connectivity index (χ1n) is 8.47. The third-order valence-electron chi connectivity index (χ3n) is 3.51. The lowest BCUT2D eigenvalue weighted by atomic mass is 10.2. The Morgan fingerprint density at radius 1 is 1.15 bits per heavy atom. The third kappa shape index (κ3) is 6.63. The molecule has 1 N–H and O–H groups in total. The predicted molar refractivity (Wildman–Crippen MR) is 92.2 cm³/mol. The molecule has 0 radical (unpaired) electrons. The van der Waals surface area contributed by atoms with E-state index in [1.54, 1.807) is 12.1 Å². The highest BCUT2D eigenvalue weighted by Gasteiger charge is 2.34. The predicted octanol–water partition coefficient (Wildman–Crippen LogP) is 4.21. The van der Waals surface area contributed by atoms with Crippen LogP contribution in [0.5, 0.6) is 5.75 Å². The standard InChI is InChI=1S/C19H22F3NO4/c1-13(2)10-25-11-15(17-8-5-9-26-17)23-18(24)12-27-16-7-4-3-6-14(16)19(20,21)22/h3-9,13,15H,10-12H2,1-2H3,(H,23,24)/t15-/m1/s1. The van der Waals surface area contributed by atoms with Crippen LogP contribution in [0.2, 0.25) is 0 Å². The van der Waals surface area contributed by atoms with Crippen LogP contribution >= 0.6 is 0 Å². The molecule has 1 aromatic heterocycles. The van der Waals surface area contributed by atoms with Gasteiger partial charge in [0.15, 0.2) is 6.61 Å². The minimum absolute atomic E-state index is 0.177. The minimum atomic E-state index is -4.56. The van der Waals surface area contributed by atoms with E-state index in [2.05, 4.69) is 5.32 Å². The van der Waals surface area contributed by atoms with E-state index in [9.17, 15) is 18.0 Å². The van der Waals surface area contributed by atoms with E-state index in [-0.39, 0.29) is 6.61 Å². The van der Waals surface area contributed by atoms with Crippen molar-refractivity contribution >= 4 is 5.91 Å². The highest BCUT2D eigenvalue weighted by molar-refractivity contribution is 5.78. The van der Waals surface area contributed by atoms with E-state index in [1.807, 2.05) is 13.8 Å². The molecule has 0 fully saturated rings. The number of para-hydroxylation sites is 1. The van der Waals surface area contributed by atoms with Gasteiger partial charge in [-0.1, -0.05) is 26.0 Å². The molecule has 0 aliphatic rings. The van der Waals surface area contributed by atoms with Gasteiger partial charge in [-0.3, -0.25) is 4.79 Å². The number of furan rings is 1. The van der Waals surface area contributed by atoms with Crippen molar-refractivity contribution in [3.05, 3.63) is 54.0 Å². The third-order valence-corrected chi connectivity index (χ3v) is 3.51. The van der Waals surface area contributed by atoms with Crippen molar-refractivity contribution in [2.45, 2.75) is 26.1 Å². The number of ether oxygens (including phenoxy) is 2. The van der Waals surface area contributed by atoms with Crippen LogP contribution in [-0.4, -0.2) is 25.7 Å². The first kappa shape index (κ1) is 20.8. The number of halogens is 3. The molecule has 0 unspecified atom stereocenters. The zero-order valence-electron chi connectivity index (χ0n) is 15.1. The molecule has 8 heteroatoms. The largest absolute Gasteiger partial charge is 0.483 e. The maximum Gasteiger partial charge on any atom is 0.419 e. The summed E-state index contributed by atoms with van der Waals surface area (Å²) in [6, 6.07) is 7.54. The van der Waals surface area contributed by atoms with Crippen LogP contribution in [0.3, 0.4) is 0 Å². The summed E-state index contributed by atoms with van der Waals surface area (Å²) >= 11 is 0. The monoisotopic (exact) mass is 385 g/mol. The number of carbonyl (C=O) groups excluding carboxylic acids is 1. The summed E-state index contributed by atoms with van der Waals surface area (Å²) in [6.45, 7) is 4.10. The van der Waals surface area contributed by atoms with E-state index in [0.29, 0.717) is 18.3 Å². The molecule has 2 rings (SSSR count). The number of hydrogen-bond donors (Lipinski definition) is 1. The van der Waals surface area contributed by atoms with Crippen LogP contribution in [0.15, 0.2) is 47.1 Å². The lowest BCUT2D eigenvalue weighted by Gasteiger charge is -2.18. The zero-order valence-corrected chi connectivity index (χ0v) is 15.1. The quantitative estimate of drug-likeness (QED) is 0.703. The molecule has 0 aliphatic heterocycles. The van der Waals surface area contributed by atoms with Crippen LogP contribution in [-0.2, 0) is 15.7 Å². The molecule has 0 saturated carbocycles. The van der Waals surface area contributed by atoms with Crippen LogP contribution in [0.4, 0.5) is 13.2 Å². The Morgan fingerprint density at radius 2 is 1.89 bits per heavy atom. The molecule has 1 atom stereocenters. The molecule has 0 aliphatic carbocycles. The van der Waals surface area contributed by atoms with Crippen molar-refractivity contribution in [1.29, 1.82) is 0 Å². The topological polar surface area (TPSA) is 60.7 Å². The van der Waals surface area contributed by atoms with Gasteiger partial charge in [0.25, 0.3) is 5.91 Å². The maximum atomic E-state index is 13.0. The minimum Gasteiger partial charge on any atom is -0.483 e. The van der Waals surface area contributed by atoms with Gasteiger partial charge in [-0.2, -0.15) is 13.2 Å². The first-order valence-corrected chi connectivity index (χ1v) is 8.47. The van der Waals surface area contributed by atoms with E-state index in [4.69, 9.17) is 13.9 Å².